The van der Waals surface area contributed by atoms with Crippen LogP contribution >= 0.6 is 11.6 Å². The monoisotopic (exact) mass is 667 g/mol. The number of hydrogen-bond acceptors (Lipinski definition) is 6. The molecule has 2 N–H and O–H groups in total. The Bertz CT molecular complexity index is 1580. The van der Waals surface area contributed by atoms with Crippen LogP contribution in [0.4, 0.5) is 4.79 Å². The zero-order chi connectivity index (χ0) is 34.0. The van der Waals surface area contributed by atoms with Crippen molar-refractivity contribution in [3.63, 3.8) is 0 Å². The summed E-state index contributed by atoms with van der Waals surface area (Å²) in [5.74, 6) is 0.181. The van der Waals surface area contributed by atoms with Crippen LogP contribution < -0.4 is 9.16 Å². The molecule has 46 heavy (non-hydrogen) atoms. The summed E-state index contributed by atoms with van der Waals surface area (Å²) in [6.45, 7) is 16.0. The summed E-state index contributed by atoms with van der Waals surface area (Å²) in [5, 5.41) is 21.5. The predicted molar refractivity (Wildman–Crippen MR) is 183 cm³/mol. The van der Waals surface area contributed by atoms with E-state index in [1.807, 2.05) is 39.0 Å². The number of carbonyl (C=O) groups excluding carboxylic acids is 1. The fraction of sp³-hybridized carbons (Fsp3) is 0.444. The molecule has 0 fully saturated rings. The first-order chi connectivity index (χ1) is 21.3. The Labute approximate surface area is 278 Å². The molecule has 0 spiro atoms. The van der Waals surface area contributed by atoms with E-state index >= 15 is 0 Å². The van der Waals surface area contributed by atoms with Gasteiger partial charge in [0.05, 0.1) is 12.6 Å². The number of benzene rings is 3. The Morgan fingerprint density at radius 1 is 0.978 bits per heavy atom. The number of aliphatic hydroxyl groups is 1. The fourth-order valence-electron chi connectivity index (χ4n) is 5.14. The third-order valence-electron chi connectivity index (χ3n) is 8.64. The van der Waals surface area contributed by atoms with Gasteiger partial charge >= 0.3 is 12.1 Å². The number of ether oxygens (including phenoxy) is 2. The molecule has 248 valence electrons. The summed E-state index contributed by atoms with van der Waals surface area (Å²) in [6, 6.07) is 17.4. The molecular formula is C36H46ClNO7Si. The molecule has 0 bridgehead atoms. The van der Waals surface area contributed by atoms with E-state index in [9.17, 15) is 19.8 Å². The Morgan fingerprint density at radius 3 is 2.28 bits per heavy atom. The summed E-state index contributed by atoms with van der Waals surface area (Å²) >= 11 is 6.16. The lowest BCUT2D eigenvalue weighted by Gasteiger charge is -2.37. The molecule has 0 radical (unpaired) electrons. The van der Waals surface area contributed by atoms with Crippen LogP contribution in [-0.2, 0) is 17.6 Å². The van der Waals surface area contributed by atoms with Gasteiger partial charge in [-0.25, -0.2) is 9.59 Å². The number of carboxylic acids is 1. The molecule has 1 aliphatic rings. The lowest BCUT2D eigenvalue weighted by molar-refractivity contribution is 0.00194. The van der Waals surface area contributed by atoms with E-state index in [0.29, 0.717) is 40.7 Å². The van der Waals surface area contributed by atoms with Crippen LogP contribution in [0, 0.1) is 0 Å². The van der Waals surface area contributed by atoms with Gasteiger partial charge in [0.25, 0.3) is 8.32 Å². The number of aliphatic hydroxyl groups excluding tert-OH is 1. The Hall–Kier alpha value is -3.53. The summed E-state index contributed by atoms with van der Waals surface area (Å²) in [5.41, 5.74) is 2.12. The van der Waals surface area contributed by atoms with E-state index in [1.165, 1.54) is 6.07 Å². The van der Waals surface area contributed by atoms with Crippen molar-refractivity contribution in [1.29, 1.82) is 0 Å². The summed E-state index contributed by atoms with van der Waals surface area (Å²) < 4.78 is 18.2. The number of fused-ring (bicyclic) bond motifs is 1. The molecule has 2 atom stereocenters. The zero-order valence-electron chi connectivity index (χ0n) is 28.0. The number of amides is 1. The van der Waals surface area contributed by atoms with E-state index in [-0.39, 0.29) is 23.2 Å². The molecule has 10 heteroatoms. The highest BCUT2D eigenvalue weighted by atomic mass is 35.5. The quantitative estimate of drug-likeness (QED) is 0.219. The molecule has 0 saturated heterocycles. The first-order valence-electron chi connectivity index (χ1n) is 15.6. The minimum Gasteiger partial charge on any atom is -0.543 e. The number of aryl methyl sites for hydroxylation is 1. The van der Waals surface area contributed by atoms with Crippen LogP contribution in [0.2, 0.25) is 23.2 Å². The summed E-state index contributed by atoms with van der Waals surface area (Å²) in [7, 11) is -2.26. The number of nitrogens with zero attached hydrogens (tertiary/aromatic N) is 1. The maximum absolute atomic E-state index is 13.5. The van der Waals surface area contributed by atoms with Crippen molar-refractivity contribution in [2.24, 2.45) is 0 Å². The molecular weight excluding hydrogens is 622 g/mol. The Morgan fingerprint density at radius 2 is 1.65 bits per heavy atom. The van der Waals surface area contributed by atoms with Gasteiger partial charge in [-0.05, 0) is 117 Å². The summed E-state index contributed by atoms with van der Waals surface area (Å²) in [6.07, 6.45) is 0.528. The number of rotatable bonds is 9. The van der Waals surface area contributed by atoms with Crippen LogP contribution in [0.5, 0.6) is 17.2 Å². The standard InChI is InChI=1S/C36H46ClNO7Si/c1-35(2,3)44-34(42)38(22-31(39)24-10-9-11-26(37)18-24)27-14-12-23-13-15-28(20-25(23)19-27)43-29-16-17-32(30(21-29)33(40)41)45-46(7,8)36(4,5)6/h9-11,13,15-18,20-21,27,31,39H,12,14,19,22H2,1-8H3,(H,40,41)/t27-,31-/m0/s1. The molecule has 3 aromatic carbocycles. The highest BCUT2D eigenvalue weighted by molar-refractivity contribution is 6.74. The molecule has 0 saturated carbocycles. The van der Waals surface area contributed by atoms with E-state index in [2.05, 4.69) is 33.9 Å². The number of carboxylic acid groups (broad SMARTS) is 1. The van der Waals surface area contributed by atoms with Crippen molar-refractivity contribution in [2.45, 2.75) is 96.7 Å². The first kappa shape index (κ1) is 35.3. The van der Waals surface area contributed by atoms with Crippen molar-refractivity contribution in [2.75, 3.05) is 6.54 Å². The number of halogens is 1. The van der Waals surface area contributed by atoms with Crippen LogP contribution in [0.1, 0.15) is 81.1 Å². The fourth-order valence-corrected chi connectivity index (χ4v) is 6.37. The zero-order valence-corrected chi connectivity index (χ0v) is 29.8. The van der Waals surface area contributed by atoms with Gasteiger partial charge in [-0.15, -0.1) is 0 Å². The maximum atomic E-state index is 13.5. The second-order valence-corrected chi connectivity index (χ2v) is 19.6. The average molecular weight is 668 g/mol. The Balaban J connectivity index is 1.56. The van der Waals surface area contributed by atoms with E-state index in [1.54, 1.807) is 41.3 Å². The van der Waals surface area contributed by atoms with E-state index in [0.717, 1.165) is 17.5 Å². The summed E-state index contributed by atoms with van der Waals surface area (Å²) in [4.78, 5) is 27.3. The van der Waals surface area contributed by atoms with Crippen LogP contribution in [0.3, 0.4) is 0 Å². The van der Waals surface area contributed by atoms with E-state index in [4.69, 9.17) is 25.5 Å². The second kappa shape index (κ2) is 13.7. The highest BCUT2D eigenvalue weighted by Gasteiger charge is 2.40. The first-order valence-corrected chi connectivity index (χ1v) is 18.9. The number of aromatic carboxylic acids is 1. The molecule has 4 rings (SSSR count). The molecule has 1 amide bonds. The molecule has 8 nitrogen and oxygen atoms in total. The van der Waals surface area contributed by atoms with Crippen molar-refractivity contribution in [1.82, 2.24) is 4.90 Å². The molecule has 0 heterocycles. The molecule has 3 aromatic rings. The minimum atomic E-state index is -2.26. The maximum Gasteiger partial charge on any atom is 0.410 e. The lowest BCUT2D eigenvalue weighted by atomic mass is 9.87. The Kier molecular flexibility index (Phi) is 10.5. The highest BCUT2D eigenvalue weighted by Crippen LogP contribution is 2.39. The van der Waals surface area contributed by atoms with Crippen molar-refractivity contribution in [3.05, 3.63) is 87.9 Å². The van der Waals surface area contributed by atoms with Crippen LogP contribution in [0.25, 0.3) is 0 Å². The van der Waals surface area contributed by atoms with E-state index < -0.39 is 32.1 Å². The third-order valence-corrected chi connectivity index (χ3v) is 13.2. The van der Waals surface area contributed by atoms with Gasteiger partial charge in [0.15, 0.2) is 0 Å². The van der Waals surface area contributed by atoms with Gasteiger partial charge in [-0.1, -0.05) is 50.6 Å². The number of carbonyl (C=O) groups is 2. The van der Waals surface area contributed by atoms with Crippen LogP contribution in [0.15, 0.2) is 60.7 Å². The van der Waals surface area contributed by atoms with Gasteiger partial charge in [0.2, 0.25) is 0 Å². The SMILES string of the molecule is CC(C)(C)OC(=O)N(C[C@H](O)c1cccc(Cl)c1)[C@H]1CCc2ccc(Oc3ccc(O[Si](C)(C)C(C)(C)C)c(C(=O)O)c3)cc2C1. The van der Waals surface area contributed by atoms with Crippen LogP contribution in [-0.4, -0.2) is 53.7 Å². The predicted octanol–water partition coefficient (Wildman–Crippen LogP) is 9.04. The average Bonchev–Trinajstić information content (AvgIpc) is 2.94. The molecule has 0 unspecified atom stereocenters. The van der Waals surface area contributed by atoms with Crippen molar-refractivity contribution >= 4 is 32.0 Å². The molecule has 1 aliphatic carbocycles. The van der Waals surface area contributed by atoms with Gasteiger partial charge in [0.1, 0.15) is 28.4 Å². The van der Waals surface area contributed by atoms with Gasteiger partial charge < -0.3 is 29.0 Å². The minimum absolute atomic E-state index is 0.0478. The second-order valence-electron chi connectivity index (χ2n) is 14.5. The van der Waals surface area contributed by atoms with Gasteiger partial charge in [-0.3, -0.25) is 0 Å². The smallest absolute Gasteiger partial charge is 0.410 e. The third kappa shape index (κ3) is 8.83. The normalized spacial score (nSPS) is 15.8. The lowest BCUT2D eigenvalue weighted by Crippen LogP contribution is -2.47. The van der Waals surface area contributed by atoms with Crippen molar-refractivity contribution in [3.8, 4) is 17.2 Å². The topological polar surface area (TPSA) is 106 Å². The van der Waals surface area contributed by atoms with Gasteiger partial charge in [0, 0.05) is 11.1 Å². The van der Waals surface area contributed by atoms with Gasteiger partial charge in [-0.2, -0.15) is 0 Å². The molecule has 0 aromatic heterocycles. The largest absolute Gasteiger partial charge is 0.543 e. The molecule has 0 aliphatic heterocycles. The number of hydrogen-bond donors (Lipinski definition) is 2. The van der Waals surface area contributed by atoms with Crippen molar-refractivity contribution < 1.29 is 33.7 Å².